The number of rotatable bonds is 3. The van der Waals surface area contributed by atoms with E-state index in [0.717, 1.165) is 18.2 Å². The number of hydrogen-bond donors (Lipinski definition) is 0. The Kier molecular flexibility index (Phi) is 4.22. The highest BCUT2D eigenvalue weighted by Gasteiger charge is 2.32. The molecule has 114 valence electrons. The molecule has 0 saturated carbocycles. The van der Waals surface area contributed by atoms with Gasteiger partial charge in [-0.2, -0.15) is 5.26 Å². The smallest absolute Gasteiger partial charge is 0.497 e. The summed E-state index contributed by atoms with van der Waals surface area (Å²) in [4.78, 5) is 0. The number of alkyl halides is 3. The van der Waals surface area contributed by atoms with Gasteiger partial charge in [0.25, 0.3) is 0 Å². The van der Waals surface area contributed by atoms with E-state index in [-0.39, 0.29) is 16.7 Å². The molecule has 0 aliphatic rings. The second kappa shape index (κ2) is 5.93. The molecular weight excluding hydrogens is 302 g/mol. The van der Waals surface area contributed by atoms with Crippen LogP contribution in [0.4, 0.5) is 17.6 Å². The zero-order chi connectivity index (χ0) is 16.3. The Hall–Kier alpha value is -2.75. The molecule has 0 aliphatic heterocycles. The number of halogens is 4. The summed E-state index contributed by atoms with van der Waals surface area (Å²) in [6.45, 7) is 0. The molecule has 0 amide bonds. The third-order valence-corrected chi connectivity index (χ3v) is 2.81. The third-order valence-electron chi connectivity index (χ3n) is 2.81. The molecule has 0 bridgehead atoms. The first-order valence-corrected chi connectivity index (χ1v) is 5.98. The molecule has 2 aromatic rings. The Morgan fingerprint density at radius 3 is 2.36 bits per heavy atom. The average Bonchev–Trinajstić information content (AvgIpc) is 2.46. The fourth-order valence-electron chi connectivity index (χ4n) is 1.86. The molecule has 0 fully saturated rings. The summed E-state index contributed by atoms with van der Waals surface area (Å²) >= 11 is 0. The number of hydrogen-bond acceptors (Lipinski definition) is 3. The van der Waals surface area contributed by atoms with Crippen molar-refractivity contribution in [3.8, 4) is 28.7 Å². The quantitative estimate of drug-likeness (QED) is 0.795. The van der Waals surface area contributed by atoms with E-state index in [1.165, 1.54) is 25.3 Å². The maximum atomic E-state index is 14.0. The van der Waals surface area contributed by atoms with Gasteiger partial charge in [0.15, 0.2) is 0 Å². The summed E-state index contributed by atoms with van der Waals surface area (Å²) in [6.07, 6.45) is -4.90. The van der Waals surface area contributed by atoms with Crippen molar-refractivity contribution in [2.24, 2.45) is 0 Å². The van der Waals surface area contributed by atoms with Crippen LogP contribution in [0.5, 0.6) is 11.5 Å². The predicted molar refractivity (Wildman–Crippen MR) is 69.8 cm³/mol. The van der Waals surface area contributed by atoms with E-state index < -0.39 is 17.9 Å². The molecule has 0 spiro atoms. The molecule has 7 heteroatoms. The molecule has 0 radical (unpaired) electrons. The second-order valence-corrected chi connectivity index (χ2v) is 4.22. The Morgan fingerprint density at radius 2 is 1.82 bits per heavy atom. The highest BCUT2D eigenvalue weighted by Crippen LogP contribution is 2.32. The lowest BCUT2D eigenvalue weighted by molar-refractivity contribution is -0.274. The molecule has 0 aliphatic carbocycles. The van der Waals surface area contributed by atoms with Crippen LogP contribution in [0.3, 0.4) is 0 Å². The number of benzene rings is 2. The van der Waals surface area contributed by atoms with Crippen molar-refractivity contribution in [1.29, 1.82) is 5.26 Å². The van der Waals surface area contributed by atoms with Crippen molar-refractivity contribution in [1.82, 2.24) is 0 Å². The van der Waals surface area contributed by atoms with Gasteiger partial charge in [0.05, 0.1) is 12.7 Å². The van der Waals surface area contributed by atoms with E-state index in [9.17, 15) is 17.6 Å². The zero-order valence-corrected chi connectivity index (χ0v) is 11.2. The van der Waals surface area contributed by atoms with Crippen LogP contribution in [0.1, 0.15) is 5.56 Å². The van der Waals surface area contributed by atoms with E-state index >= 15 is 0 Å². The van der Waals surface area contributed by atoms with Gasteiger partial charge in [0.1, 0.15) is 23.4 Å². The minimum atomic E-state index is -4.90. The first-order chi connectivity index (χ1) is 10.3. The summed E-state index contributed by atoms with van der Waals surface area (Å²) in [7, 11) is 1.38. The highest BCUT2D eigenvalue weighted by atomic mass is 19.4. The Labute approximate surface area is 123 Å². The second-order valence-electron chi connectivity index (χ2n) is 4.22. The van der Waals surface area contributed by atoms with Crippen LogP contribution >= 0.6 is 0 Å². The monoisotopic (exact) mass is 311 g/mol. The number of nitriles is 1. The standard InChI is InChI=1S/C15H9F4NO2/c1-21-11-3-4-12(13(16)7-11)9-2-5-14(10(6-9)8-20)22-15(17,18)19/h2-7H,1H3. The molecule has 0 N–H and O–H groups in total. The first-order valence-electron chi connectivity index (χ1n) is 5.98. The largest absolute Gasteiger partial charge is 0.573 e. The van der Waals surface area contributed by atoms with Crippen LogP contribution in [0, 0.1) is 17.1 Å². The fourth-order valence-corrected chi connectivity index (χ4v) is 1.86. The van der Waals surface area contributed by atoms with Gasteiger partial charge in [0, 0.05) is 11.6 Å². The molecule has 0 saturated heterocycles. The van der Waals surface area contributed by atoms with Crippen molar-refractivity contribution in [3.05, 3.63) is 47.8 Å². The molecule has 3 nitrogen and oxygen atoms in total. The highest BCUT2D eigenvalue weighted by molar-refractivity contribution is 5.68. The van der Waals surface area contributed by atoms with E-state index in [1.807, 2.05) is 0 Å². The summed E-state index contributed by atoms with van der Waals surface area (Å²) in [6, 6.07) is 9.01. The van der Waals surface area contributed by atoms with Crippen LogP contribution < -0.4 is 9.47 Å². The minimum absolute atomic E-state index is 0.135. The Morgan fingerprint density at radius 1 is 1.09 bits per heavy atom. The predicted octanol–water partition coefficient (Wildman–Crippen LogP) is 4.27. The van der Waals surface area contributed by atoms with E-state index in [1.54, 1.807) is 6.07 Å². The molecule has 0 heterocycles. The van der Waals surface area contributed by atoms with Gasteiger partial charge < -0.3 is 9.47 Å². The van der Waals surface area contributed by atoms with Gasteiger partial charge >= 0.3 is 6.36 Å². The van der Waals surface area contributed by atoms with Crippen LogP contribution in [0.2, 0.25) is 0 Å². The van der Waals surface area contributed by atoms with Gasteiger partial charge in [0.2, 0.25) is 0 Å². The Bertz CT molecular complexity index is 735. The minimum Gasteiger partial charge on any atom is -0.497 e. The van der Waals surface area contributed by atoms with Crippen molar-refractivity contribution < 1.29 is 27.0 Å². The van der Waals surface area contributed by atoms with Crippen LogP contribution in [-0.4, -0.2) is 13.5 Å². The van der Waals surface area contributed by atoms with Gasteiger partial charge in [-0.15, -0.1) is 13.2 Å². The van der Waals surface area contributed by atoms with Gasteiger partial charge in [-0.3, -0.25) is 0 Å². The van der Waals surface area contributed by atoms with Crippen molar-refractivity contribution >= 4 is 0 Å². The van der Waals surface area contributed by atoms with Crippen LogP contribution in [-0.2, 0) is 0 Å². The fraction of sp³-hybridized carbons (Fsp3) is 0.133. The molecule has 2 rings (SSSR count). The Balaban J connectivity index is 2.44. The average molecular weight is 311 g/mol. The van der Waals surface area contributed by atoms with Gasteiger partial charge in [-0.1, -0.05) is 6.07 Å². The number of ether oxygens (including phenoxy) is 2. The maximum absolute atomic E-state index is 14.0. The lowest BCUT2D eigenvalue weighted by Gasteiger charge is -2.12. The van der Waals surface area contributed by atoms with E-state index in [0.29, 0.717) is 5.75 Å². The summed E-state index contributed by atoms with van der Waals surface area (Å²) in [5.41, 5.74) is 0.0483. The lowest BCUT2D eigenvalue weighted by Crippen LogP contribution is -2.17. The number of nitrogens with zero attached hydrogens (tertiary/aromatic N) is 1. The normalized spacial score (nSPS) is 10.9. The molecule has 0 atom stereocenters. The summed E-state index contributed by atoms with van der Waals surface area (Å²) < 4.78 is 59.2. The number of methoxy groups -OCH3 is 1. The third kappa shape index (κ3) is 3.47. The molecular formula is C15H9F4NO2. The maximum Gasteiger partial charge on any atom is 0.573 e. The lowest BCUT2D eigenvalue weighted by atomic mass is 10.0. The first kappa shape index (κ1) is 15.6. The van der Waals surface area contributed by atoms with E-state index in [4.69, 9.17) is 10.00 Å². The van der Waals surface area contributed by atoms with Crippen LogP contribution in [0.25, 0.3) is 11.1 Å². The zero-order valence-electron chi connectivity index (χ0n) is 11.2. The van der Waals surface area contributed by atoms with Crippen LogP contribution in [0.15, 0.2) is 36.4 Å². The van der Waals surface area contributed by atoms with Gasteiger partial charge in [-0.25, -0.2) is 4.39 Å². The van der Waals surface area contributed by atoms with Crippen molar-refractivity contribution in [2.45, 2.75) is 6.36 Å². The molecule has 2 aromatic carbocycles. The molecule has 0 unspecified atom stereocenters. The van der Waals surface area contributed by atoms with E-state index in [2.05, 4.69) is 4.74 Å². The topological polar surface area (TPSA) is 42.2 Å². The molecule has 0 aromatic heterocycles. The van der Waals surface area contributed by atoms with Gasteiger partial charge in [-0.05, 0) is 29.8 Å². The molecule has 22 heavy (non-hydrogen) atoms. The van der Waals surface area contributed by atoms with Crippen molar-refractivity contribution in [3.63, 3.8) is 0 Å². The van der Waals surface area contributed by atoms with Crippen molar-refractivity contribution in [2.75, 3.05) is 7.11 Å². The summed E-state index contributed by atoms with van der Waals surface area (Å²) in [5.74, 6) is -0.945. The SMILES string of the molecule is COc1ccc(-c2ccc(OC(F)(F)F)c(C#N)c2)c(F)c1. The summed E-state index contributed by atoms with van der Waals surface area (Å²) in [5, 5.41) is 8.93.